The van der Waals surface area contributed by atoms with E-state index in [1.54, 1.807) is 0 Å². The van der Waals surface area contributed by atoms with Gasteiger partial charge < -0.3 is 42.6 Å². The highest BCUT2D eigenvalue weighted by Gasteiger charge is 2.26. The highest BCUT2D eigenvalue weighted by Crippen LogP contribution is 2.50. The van der Waals surface area contributed by atoms with Crippen LogP contribution in [0.2, 0.25) is 0 Å². The van der Waals surface area contributed by atoms with Gasteiger partial charge in [-0.3, -0.25) is 0 Å². The monoisotopic (exact) mass is 1560 g/mol. The molecule has 1 heterocycles. The van der Waals surface area contributed by atoms with E-state index in [0.717, 1.165) is 83.4 Å². The zero-order chi connectivity index (χ0) is 45.2. The normalized spacial score (nSPS) is 11.3. The van der Waals surface area contributed by atoms with Gasteiger partial charge in [0.15, 0.2) is 34.7 Å². The highest BCUT2D eigenvalue weighted by atomic mass is 127. The first kappa shape index (κ1) is 50.5. The number of halogens is 6. The zero-order valence-corrected chi connectivity index (χ0v) is 48.7. The number of benzene rings is 6. The van der Waals surface area contributed by atoms with Crippen molar-refractivity contribution in [2.75, 3.05) is 40.2 Å². The van der Waals surface area contributed by atoms with Crippen LogP contribution in [0.1, 0.15) is 37.5 Å². The van der Waals surface area contributed by atoms with Gasteiger partial charge in [0.2, 0.25) is 0 Å². The van der Waals surface area contributed by atoms with Gasteiger partial charge in [0.05, 0.1) is 21.5 Å². The maximum Gasteiger partial charge on any atom is 0.189 e. The quantitative estimate of drug-likeness (QED) is 0.0285. The molecule has 6 aromatic carbocycles. The number of hydrogen-bond donors (Lipinski definition) is 0. The Kier molecular flexibility index (Phi) is 19.5. The third-order valence-corrected chi connectivity index (χ3v) is 16.2. The van der Waals surface area contributed by atoms with Gasteiger partial charge in [-0.1, -0.05) is 0 Å². The molecule has 0 spiro atoms. The van der Waals surface area contributed by atoms with Crippen molar-refractivity contribution < 1.29 is 42.6 Å². The molecule has 0 amide bonds. The lowest BCUT2D eigenvalue weighted by molar-refractivity contribution is 0.0205. The molecule has 9 nitrogen and oxygen atoms in total. The largest absolute Gasteiger partial charge is 0.489 e. The van der Waals surface area contributed by atoms with Crippen molar-refractivity contribution in [1.82, 2.24) is 0 Å². The van der Waals surface area contributed by atoms with Crippen LogP contribution in [0.4, 0.5) is 0 Å². The zero-order valence-electron chi connectivity index (χ0n) is 35.0. The Bertz CT molecular complexity index is 2580. The van der Waals surface area contributed by atoms with Crippen LogP contribution in [0.25, 0.3) is 25.1 Å². The Hall–Kier alpha value is -1.40. The van der Waals surface area contributed by atoms with Crippen LogP contribution in [-0.4, -0.2) is 40.2 Å². The van der Waals surface area contributed by atoms with Gasteiger partial charge in [0, 0.05) is 82.0 Å². The van der Waals surface area contributed by atoms with E-state index in [1.807, 2.05) is 20.8 Å². The predicted molar refractivity (Wildman–Crippen MR) is 305 cm³/mol. The molecule has 0 radical (unpaired) electrons. The molecule has 0 fully saturated rings. The first-order chi connectivity index (χ1) is 31.1. The van der Waals surface area contributed by atoms with E-state index >= 15 is 0 Å². The highest BCUT2D eigenvalue weighted by molar-refractivity contribution is 14.1. The molecule has 7 rings (SSSR count). The van der Waals surface area contributed by atoms with E-state index < -0.39 is 10.5 Å². The standard InChI is InChI=1S/C48H43I6O9S/c1-4-55-26-61-46-29(15-32(49)18-41(46)52)23-58-35-7-11-38(12-8-35)64-44-13-9-36(59-24-30-16-33(50)19-42(53)47(30)62-27-56-5-2)21-39(44)40-22-37(10-14-45(40)64)60-25-31-17-34(51)20-43(54)48(31)63-28-57-6-3/h7-22H,4-6,23-28H2,1-3H3/q+1. The second-order valence-corrected chi connectivity index (χ2v) is 23.0. The fourth-order valence-corrected chi connectivity index (χ4v) is 15.4. The van der Waals surface area contributed by atoms with Gasteiger partial charge in [0.1, 0.15) is 54.3 Å². The lowest BCUT2D eigenvalue weighted by Gasteiger charge is -2.15. The second kappa shape index (κ2) is 24.8. The number of hydrogen-bond acceptors (Lipinski definition) is 9. The van der Waals surface area contributed by atoms with Gasteiger partial charge in [0.25, 0.3) is 0 Å². The summed E-state index contributed by atoms with van der Waals surface area (Å²) in [5, 5.41) is 2.20. The van der Waals surface area contributed by atoms with Crippen LogP contribution in [0.5, 0.6) is 34.5 Å². The topological polar surface area (TPSA) is 83.1 Å². The van der Waals surface area contributed by atoms with Crippen molar-refractivity contribution in [1.29, 1.82) is 0 Å². The van der Waals surface area contributed by atoms with E-state index in [2.05, 4.69) is 233 Å². The van der Waals surface area contributed by atoms with E-state index in [9.17, 15) is 0 Å². The van der Waals surface area contributed by atoms with Crippen molar-refractivity contribution in [3.05, 3.63) is 135 Å². The molecule has 0 aliphatic rings. The second-order valence-electron chi connectivity index (χ2n) is 13.9. The molecule has 0 unspecified atom stereocenters. The van der Waals surface area contributed by atoms with Gasteiger partial charge in [-0.15, -0.1) is 0 Å². The van der Waals surface area contributed by atoms with E-state index in [1.165, 1.54) is 14.3 Å². The molecule has 64 heavy (non-hydrogen) atoms. The molecule has 1 aromatic heterocycles. The van der Waals surface area contributed by atoms with Gasteiger partial charge in [-0.25, -0.2) is 0 Å². The molecular weight excluding hydrogens is 1510 g/mol. The summed E-state index contributed by atoms with van der Waals surface area (Å²) in [5.74, 6) is 4.62. The van der Waals surface area contributed by atoms with Crippen LogP contribution < -0.4 is 28.4 Å². The summed E-state index contributed by atoms with van der Waals surface area (Å²) in [6.45, 7) is 9.16. The molecule has 0 N–H and O–H groups in total. The molecule has 336 valence electrons. The summed E-state index contributed by atoms with van der Waals surface area (Å²) in [6, 6.07) is 33.8. The maximum atomic E-state index is 6.56. The van der Waals surface area contributed by atoms with Crippen LogP contribution in [0, 0.1) is 21.4 Å². The Morgan fingerprint density at radius 2 is 0.734 bits per heavy atom. The predicted octanol–water partition coefficient (Wildman–Crippen LogP) is 15.2. The fourth-order valence-electron chi connectivity index (χ4n) is 6.70. The van der Waals surface area contributed by atoms with Gasteiger partial charge >= 0.3 is 0 Å². The molecule has 16 heteroatoms. The summed E-state index contributed by atoms with van der Waals surface area (Å²) >= 11 is 13.9. The minimum atomic E-state index is -0.403. The van der Waals surface area contributed by atoms with E-state index in [0.29, 0.717) is 39.6 Å². The van der Waals surface area contributed by atoms with Crippen LogP contribution in [-0.2, 0) is 34.0 Å². The minimum Gasteiger partial charge on any atom is -0.489 e. The SMILES string of the molecule is CCOCOc1c(I)cc(I)cc1COc1ccc(-[s+]2c3ccc(OCc4cc(I)cc(I)c4OCOCC)cc3c3cc(OCc4cc(I)cc(I)c4OCOCC)ccc32)cc1. The Balaban J connectivity index is 1.21. The third-order valence-electron chi connectivity index (χ3n) is 9.60. The van der Waals surface area contributed by atoms with Gasteiger partial charge in [-0.05, 0) is 229 Å². The lowest BCUT2D eigenvalue weighted by Crippen LogP contribution is -2.07. The Morgan fingerprint density at radius 3 is 1.09 bits per heavy atom. The third kappa shape index (κ3) is 13.0. The number of thiophene rings is 1. The molecule has 7 aromatic rings. The summed E-state index contributed by atoms with van der Waals surface area (Å²) in [6.07, 6.45) is 0. The average Bonchev–Trinajstić information content (AvgIpc) is 3.59. The van der Waals surface area contributed by atoms with Crippen LogP contribution in [0.15, 0.2) is 97.1 Å². The summed E-state index contributed by atoms with van der Waals surface area (Å²) in [4.78, 5) is 1.17. The molecule has 0 bridgehead atoms. The maximum absolute atomic E-state index is 6.56. The number of fused-ring (bicyclic) bond motifs is 3. The van der Waals surface area contributed by atoms with Gasteiger partial charge in [-0.2, -0.15) is 0 Å². The van der Waals surface area contributed by atoms with Crippen molar-refractivity contribution in [3.8, 4) is 39.4 Å². The first-order valence-corrected chi connectivity index (χ1v) is 27.8. The summed E-state index contributed by atoms with van der Waals surface area (Å²) in [5.41, 5.74) is 2.87. The lowest BCUT2D eigenvalue weighted by atomic mass is 10.1. The molecule has 0 atom stereocenters. The molecule has 0 saturated heterocycles. The Labute approximate surface area is 458 Å². The van der Waals surface area contributed by atoms with Crippen molar-refractivity contribution in [3.63, 3.8) is 0 Å². The average molecular weight is 1560 g/mol. The van der Waals surface area contributed by atoms with Crippen LogP contribution >= 0.6 is 146 Å². The molecule has 0 saturated carbocycles. The molecule has 0 aliphatic heterocycles. The molecule has 0 aliphatic carbocycles. The van der Waals surface area contributed by atoms with E-state index in [4.69, 9.17) is 42.6 Å². The minimum absolute atomic E-state index is 0.177. The first-order valence-electron chi connectivity index (χ1n) is 20.1. The van der Waals surface area contributed by atoms with Crippen molar-refractivity contribution in [2.24, 2.45) is 0 Å². The van der Waals surface area contributed by atoms with E-state index in [-0.39, 0.29) is 20.4 Å². The van der Waals surface area contributed by atoms with Crippen molar-refractivity contribution in [2.45, 2.75) is 40.6 Å². The summed E-state index contributed by atoms with van der Waals surface area (Å²) in [7, 11) is -0.403. The number of rotatable bonds is 22. The Morgan fingerprint density at radius 1 is 0.391 bits per heavy atom. The van der Waals surface area contributed by atoms with Crippen LogP contribution in [0.3, 0.4) is 0 Å². The fraction of sp³-hybridized carbons (Fsp3) is 0.250. The van der Waals surface area contributed by atoms with Crippen molar-refractivity contribution >= 4 is 166 Å². The summed E-state index contributed by atoms with van der Waals surface area (Å²) < 4.78 is 62.9. The number of ether oxygens (including phenoxy) is 9. The smallest absolute Gasteiger partial charge is 0.189 e. The molecular formula is C48H43I6O9S+.